The van der Waals surface area contributed by atoms with E-state index in [0.29, 0.717) is 24.1 Å². The summed E-state index contributed by atoms with van der Waals surface area (Å²) in [6.45, 7) is 4.88. The normalized spacial score (nSPS) is 10.3. The quantitative estimate of drug-likeness (QED) is 0.466. The molecule has 0 aromatic carbocycles. The van der Waals surface area contributed by atoms with Gasteiger partial charge in [-0.15, -0.1) is 0 Å². The topological polar surface area (TPSA) is 64.1 Å². The molecule has 5 nitrogen and oxygen atoms in total. The van der Waals surface area contributed by atoms with Gasteiger partial charge in [-0.2, -0.15) is 0 Å². The molecule has 0 radical (unpaired) electrons. The van der Waals surface area contributed by atoms with E-state index in [1.807, 2.05) is 19.9 Å². The van der Waals surface area contributed by atoms with Crippen LogP contribution in [0.1, 0.15) is 11.4 Å². The Morgan fingerprint density at radius 3 is 2.65 bits per heavy atom. The zero-order chi connectivity index (χ0) is 12.7. The number of ether oxygens (including phenoxy) is 1. The van der Waals surface area contributed by atoms with Crippen LogP contribution in [0.25, 0.3) is 0 Å². The van der Waals surface area contributed by atoms with Crippen molar-refractivity contribution >= 4 is 17.7 Å². The Kier molecular flexibility index (Phi) is 5.93. The van der Waals surface area contributed by atoms with Crippen LogP contribution in [0, 0.1) is 13.8 Å². The van der Waals surface area contributed by atoms with Gasteiger partial charge in [-0.1, -0.05) is 11.8 Å². The molecule has 0 aliphatic rings. The predicted molar refractivity (Wildman–Crippen MR) is 67.1 cm³/mol. The first kappa shape index (κ1) is 13.9. The summed E-state index contributed by atoms with van der Waals surface area (Å²) in [5, 5.41) is 3.39. The molecule has 0 saturated carbocycles. The Bertz CT molecular complexity index is 365. The minimum absolute atomic E-state index is 0.0326. The molecule has 17 heavy (non-hydrogen) atoms. The fourth-order valence-corrected chi connectivity index (χ4v) is 2.01. The number of hydrogen-bond donors (Lipinski definition) is 1. The first-order valence-corrected chi connectivity index (χ1v) is 6.31. The van der Waals surface area contributed by atoms with Crippen molar-refractivity contribution in [3.8, 4) is 0 Å². The standard InChI is InChI=1S/C11H17N3O2S/c1-8-6-9(2)14-11(13-8)17-7-10(15)12-4-5-16-3/h6H,4-5,7H2,1-3H3,(H,12,15). The van der Waals surface area contributed by atoms with Crippen LogP contribution < -0.4 is 5.32 Å². The zero-order valence-electron chi connectivity index (χ0n) is 10.3. The van der Waals surface area contributed by atoms with E-state index in [2.05, 4.69) is 15.3 Å². The zero-order valence-corrected chi connectivity index (χ0v) is 11.1. The van der Waals surface area contributed by atoms with Crippen molar-refractivity contribution in [2.45, 2.75) is 19.0 Å². The number of thioether (sulfide) groups is 1. The number of nitrogens with one attached hydrogen (secondary N) is 1. The van der Waals surface area contributed by atoms with Crippen molar-refractivity contribution in [1.29, 1.82) is 0 Å². The molecule has 0 saturated heterocycles. The molecular formula is C11H17N3O2S. The van der Waals surface area contributed by atoms with Gasteiger partial charge in [0.05, 0.1) is 12.4 Å². The van der Waals surface area contributed by atoms with E-state index in [9.17, 15) is 4.79 Å². The molecule has 0 bridgehead atoms. The lowest BCUT2D eigenvalue weighted by atomic mass is 10.4. The monoisotopic (exact) mass is 255 g/mol. The highest BCUT2D eigenvalue weighted by atomic mass is 32.2. The van der Waals surface area contributed by atoms with E-state index in [0.717, 1.165) is 11.4 Å². The van der Waals surface area contributed by atoms with Gasteiger partial charge in [0.2, 0.25) is 5.91 Å². The molecule has 0 unspecified atom stereocenters. The minimum Gasteiger partial charge on any atom is -0.383 e. The van der Waals surface area contributed by atoms with Gasteiger partial charge in [-0.25, -0.2) is 9.97 Å². The van der Waals surface area contributed by atoms with E-state index >= 15 is 0 Å². The first-order chi connectivity index (χ1) is 8.11. The maximum absolute atomic E-state index is 11.4. The van der Waals surface area contributed by atoms with Crippen molar-refractivity contribution in [3.05, 3.63) is 17.5 Å². The maximum atomic E-state index is 11.4. The maximum Gasteiger partial charge on any atom is 0.230 e. The summed E-state index contributed by atoms with van der Waals surface area (Å²) in [5.74, 6) is 0.293. The predicted octanol–water partition coefficient (Wildman–Crippen LogP) is 0.948. The fourth-order valence-electron chi connectivity index (χ4n) is 1.23. The van der Waals surface area contributed by atoms with Crippen molar-refractivity contribution < 1.29 is 9.53 Å². The van der Waals surface area contributed by atoms with Gasteiger partial charge in [0.25, 0.3) is 0 Å². The molecule has 1 aromatic rings. The highest BCUT2D eigenvalue weighted by Crippen LogP contribution is 2.13. The lowest BCUT2D eigenvalue weighted by molar-refractivity contribution is -0.118. The smallest absolute Gasteiger partial charge is 0.230 e. The largest absolute Gasteiger partial charge is 0.383 e. The summed E-state index contributed by atoms with van der Waals surface area (Å²) in [5.41, 5.74) is 1.83. The van der Waals surface area contributed by atoms with Crippen LogP contribution >= 0.6 is 11.8 Å². The molecule has 6 heteroatoms. The van der Waals surface area contributed by atoms with Crippen LogP contribution in [-0.4, -0.2) is 41.9 Å². The van der Waals surface area contributed by atoms with Crippen LogP contribution in [-0.2, 0) is 9.53 Å². The highest BCUT2D eigenvalue weighted by Gasteiger charge is 2.05. The molecule has 1 rings (SSSR count). The Morgan fingerprint density at radius 1 is 1.41 bits per heavy atom. The van der Waals surface area contributed by atoms with Gasteiger partial charge >= 0.3 is 0 Å². The van der Waals surface area contributed by atoms with Gasteiger partial charge in [0, 0.05) is 25.0 Å². The Balaban J connectivity index is 2.36. The van der Waals surface area contributed by atoms with Crippen LogP contribution in [0.5, 0.6) is 0 Å². The number of amides is 1. The molecule has 94 valence electrons. The molecule has 1 heterocycles. The van der Waals surface area contributed by atoms with Crippen LogP contribution in [0.4, 0.5) is 0 Å². The van der Waals surface area contributed by atoms with Gasteiger partial charge in [-0.3, -0.25) is 4.79 Å². The number of rotatable bonds is 6. The third-order valence-electron chi connectivity index (χ3n) is 1.92. The van der Waals surface area contributed by atoms with Crippen molar-refractivity contribution in [2.24, 2.45) is 0 Å². The van der Waals surface area contributed by atoms with Crippen LogP contribution in [0.2, 0.25) is 0 Å². The van der Waals surface area contributed by atoms with Gasteiger partial charge in [-0.05, 0) is 19.9 Å². The molecule has 0 atom stereocenters. The summed E-state index contributed by atoms with van der Waals surface area (Å²) in [6, 6.07) is 1.91. The SMILES string of the molecule is COCCNC(=O)CSc1nc(C)cc(C)n1. The molecule has 1 amide bonds. The first-order valence-electron chi connectivity index (χ1n) is 5.32. The Morgan fingerprint density at radius 2 is 2.06 bits per heavy atom. The second-order valence-electron chi connectivity index (χ2n) is 3.56. The second-order valence-corrected chi connectivity index (χ2v) is 4.51. The molecule has 1 aromatic heterocycles. The minimum atomic E-state index is -0.0326. The third kappa shape index (κ3) is 5.65. The fraction of sp³-hybridized carbons (Fsp3) is 0.545. The molecular weight excluding hydrogens is 238 g/mol. The van der Waals surface area contributed by atoms with Gasteiger partial charge in [0.15, 0.2) is 5.16 Å². The van der Waals surface area contributed by atoms with Crippen molar-refractivity contribution in [2.75, 3.05) is 26.0 Å². The highest BCUT2D eigenvalue weighted by molar-refractivity contribution is 7.99. The molecule has 1 N–H and O–H groups in total. The van der Waals surface area contributed by atoms with Crippen LogP contribution in [0.15, 0.2) is 11.2 Å². The molecule has 0 spiro atoms. The summed E-state index contributed by atoms with van der Waals surface area (Å²) in [7, 11) is 1.60. The average Bonchev–Trinajstić information content (AvgIpc) is 2.25. The number of methoxy groups -OCH3 is 1. The summed E-state index contributed by atoms with van der Waals surface area (Å²) >= 11 is 1.34. The second kappa shape index (κ2) is 7.24. The lowest BCUT2D eigenvalue weighted by Crippen LogP contribution is -2.28. The summed E-state index contributed by atoms with van der Waals surface area (Å²) in [4.78, 5) is 19.9. The Labute approximate surface area is 105 Å². The average molecular weight is 255 g/mol. The molecule has 0 fully saturated rings. The van der Waals surface area contributed by atoms with E-state index in [1.165, 1.54) is 11.8 Å². The number of aryl methyl sites for hydroxylation is 2. The van der Waals surface area contributed by atoms with E-state index in [1.54, 1.807) is 7.11 Å². The Hall–Kier alpha value is -1.14. The number of carbonyl (C=O) groups is 1. The van der Waals surface area contributed by atoms with Crippen molar-refractivity contribution in [1.82, 2.24) is 15.3 Å². The van der Waals surface area contributed by atoms with E-state index in [-0.39, 0.29) is 5.91 Å². The molecule has 0 aliphatic heterocycles. The van der Waals surface area contributed by atoms with Crippen LogP contribution in [0.3, 0.4) is 0 Å². The van der Waals surface area contributed by atoms with Crippen molar-refractivity contribution in [3.63, 3.8) is 0 Å². The van der Waals surface area contributed by atoms with Gasteiger partial charge < -0.3 is 10.1 Å². The lowest BCUT2D eigenvalue weighted by Gasteiger charge is -2.04. The van der Waals surface area contributed by atoms with E-state index in [4.69, 9.17) is 4.74 Å². The van der Waals surface area contributed by atoms with E-state index < -0.39 is 0 Å². The third-order valence-corrected chi connectivity index (χ3v) is 2.77. The number of nitrogens with zero attached hydrogens (tertiary/aromatic N) is 2. The number of hydrogen-bond acceptors (Lipinski definition) is 5. The number of aromatic nitrogens is 2. The molecule has 0 aliphatic carbocycles. The van der Waals surface area contributed by atoms with Gasteiger partial charge in [0.1, 0.15) is 0 Å². The summed E-state index contributed by atoms with van der Waals surface area (Å²) < 4.78 is 4.84. The number of carbonyl (C=O) groups excluding carboxylic acids is 1. The summed E-state index contributed by atoms with van der Waals surface area (Å²) in [6.07, 6.45) is 0.